The second kappa shape index (κ2) is 4.53. The SMILES string of the molecule is CC(=O)n1cncc1Cc1cccc(C)c1C. The Hall–Kier alpha value is -1.90. The van der Waals surface area contributed by atoms with Crippen LogP contribution in [0.25, 0.3) is 0 Å². The minimum absolute atomic E-state index is 0.00260. The Bertz CT molecular complexity index is 555. The maximum Gasteiger partial charge on any atom is 0.228 e. The summed E-state index contributed by atoms with van der Waals surface area (Å²) in [6.45, 7) is 5.76. The van der Waals surface area contributed by atoms with Gasteiger partial charge >= 0.3 is 0 Å². The first-order valence-corrected chi connectivity index (χ1v) is 5.67. The largest absolute Gasteiger partial charge is 0.274 e. The molecule has 1 aromatic carbocycles. The van der Waals surface area contributed by atoms with Crippen molar-refractivity contribution in [1.82, 2.24) is 9.55 Å². The van der Waals surface area contributed by atoms with Crippen molar-refractivity contribution in [2.75, 3.05) is 0 Å². The maximum absolute atomic E-state index is 11.4. The molecule has 0 N–H and O–H groups in total. The molecule has 2 aromatic rings. The quantitative estimate of drug-likeness (QED) is 0.792. The van der Waals surface area contributed by atoms with E-state index in [1.54, 1.807) is 24.0 Å². The zero-order valence-electron chi connectivity index (χ0n) is 10.4. The van der Waals surface area contributed by atoms with E-state index >= 15 is 0 Å². The molecule has 0 saturated heterocycles. The van der Waals surface area contributed by atoms with Crippen LogP contribution in [0.1, 0.15) is 34.1 Å². The first-order valence-electron chi connectivity index (χ1n) is 5.67. The zero-order chi connectivity index (χ0) is 12.4. The lowest BCUT2D eigenvalue weighted by atomic mass is 10.00. The van der Waals surface area contributed by atoms with Gasteiger partial charge in [-0.25, -0.2) is 4.98 Å². The Morgan fingerprint density at radius 2 is 2.12 bits per heavy atom. The minimum atomic E-state index is 0.00260. The average Bonchev–Trinajstić information content (AvgIpc) is 2.73. The number of hydrogen-bond acceptors (Lipinski definition) is 2. The highest BCUT2D eigenvalue weighted by atomic mass is 16.1. The standard InChI is InChI=1S/C14H16N2O/c1-10-5-4-6-13(11(10)2)7-14-8-15-9-16(14)12(3)17/h4-6,8-9H,7H2,1-3H3. The molecule has 0 amide bonds. The Balaban J connectivity index is 2.35. The lowest BCUT2D eigenvalue weighted by Gasteiger charge is -2.09. The summed E-state index contributed by atoms with van der Waals surface area (Å²) in [6.07, 6.45) is 4.07. The van der Waals surface area contributed by atoms with Crippen molar-refractivity contribution in [3.63, 3.8) is 0 Å². The smallest absolute Gasteiger partial charge is 0.228 e. The van der Waals surface area contributed by atoms with E-state index in [1.165, 1.54) is 16.7 Å². The summed E-state index contributed by atoms with van der Waals surface area (Å²) in [5.74, 6) is 0.00260. The highest BCUT2D eigenvalue weighted by Crippen LogP contribution is 2.16. The van der Waals surface area contributed by atoms with Gasteiger partial charge in [0, 0.05) is 25.2 Å². The Morgan fingerprint density at radius 3 is 2.82 bits per heavy atom. The summed E-state index contributed by atoms with van der Waals surface area (Å²) in [4.78, 5) is 15.4. The third-order valence-electron chi connectivity index (χ3n) is 3.14. The van der Waals surface area contributed by atoms with Crippen molar-refractivity contribution in [2.24, 2.45) is 0 Å². The molecule has 0 atom stereocenters. The first kappa shape index (κ1) is 11.6. The Labute approximate surface area is 101 Å². The van der Waals surface area contributed by atoms with Crippen LogP contribution in [-0.2, 0) is 6.42 Å². The van der Waals surface area contributed by atoms with Gasteiger partial charge in [-0.3, -0.25) is 9.36 Å². The molecule has 0 spiro atoms. The molecule has 0 unspecified atom stereocenters. The molecular weight excluding hydrogens is 212 g/mol. The van der Waals surface area contributed by atoms with E-state index in [4.69, 9.17) is 0 Å². The molecule has 17 heavy (non-hydrogen) atoms. The predicted molar refractivity (Wildman–Crippen MR) is 67.2 cm³/mol. The van der Waals surface area contributed by atoms with E-state index in [-0.39, 0.29) is 5.91 Å². The lowest BCUT2D eigenvalue weighted by Crippen LogP contribution is -2.09. The van der Waals surface area contributed by atoms with Crippen LogP contribution in [0.3, 0.4) is 0 Å². The molecule has 0 aliphatic heterocycles. The monoisotopic (exact) mass is 228 g/mol. The van der Waals surface area contributed by atoms with Gasteiger partial charge in [-0.2, -0.15) is 0 Å². The zero-order valence-corrected chi connectivity index (χ0v) is 10.4. The maximum atomic E-state index is 11.4. The summed E-state index contributed by atoms with van der Waals surface area (Å²) in [6, 6.07) is 6.24. The van der Waals surface area contributed by atoms with Crippen LogP contribution in [0, 0.1) is 13.8 Å². The van der Waals surface area contributed by atoms with Gasteiger partial charge in [0.2, 0.25) is 5.91 Å². The molecule has 0 radical (unpaired) electrons. The molecule has 3 nitrogen and oxygen atoms in total. The molecule has 2 rings (SSSR count). The molecule has 0 saturated carbocycles. The number of carbonyl (C=O) groups is 1. The van der Waals surface area contributed by atoms with Gasteiger partial charge in [0.1, 0.15) is 6.33 Å². The van der Waals surface area contributed by atoms with Gasteiger partial charge in [-0.15, -0.1) is 0 Å². The summed E-state index contributed by atoms with van der Waals surface area (Å²) >= 11 is 0. The fraction of sp³-hybridized carbons (Fsp3) is 0.286. The van der Waals surface area contributed by atoms with Crippen LogP contribution >= 0.6 is 0 Å². The number of aryl methyl sites for hydroxylation is 1. The van der Waals surface area contributed by atoms with Crippen LogP contribution in [0.15, 0.2) is 30.7 Å². The molecule has 0 bridgehead atoms. The van der Waals surface area contributed by atoms with Gasteiger partial charge in [-0.05, 0) is 30.5 Å². The van der Waals surface area contributed by atoms with Gasteiger partial charge < -0.3 is 0 Å². The minimum Gasteiger partial charge on any atom is -0.274 e. The first-order chi connectivity index (χ1) is 8.09. The van der Waals surface area contributed by atoms with E-state index in [0.29, 0.717) is 0 Å². The van der Waals surface area contributed by atoms with Crippen LogP contribution in [0.4, 0.5) is 0 Å². The normalized spacial score (nSPS) is 10.5. The van der Waals surface area contributed by atoms with Crippen molar-refractivity contribution in [2.45, 2.75) is 27.2 Å². The van der Waals surface area contributed by atoms with Crippen LogP contribution in [-0.4, -0.2) is 15.5 Å². The summed E-state index contributed by atoms with van der Waals surface area (Å²) in [7, 11) is 0. The lowest BCUT2D eigenvalue weighted by molar-refractivity contribution is 0.0933. The van der Waals surface area contributed by atoms with Gasteiger partial charge in [0.15, 0.2) is 0 Å². The van der Waals surface area contributed by atoms with Crippen molar-refractivity contribution in [3.8, 4) is 0 Å². The molecule has 1 aromatic heterocycles. The van der Waals surface area contributed by atoms with E-state index in [1.807, 2.05) is 6.07 Å². The fourth-order valence-electron chi connectivity index (χ4n) is 1.94. The topological polar surface area (TPSA) is 34.9 Å². The molecule has 3 heteroatoms. The van der Waals surface area contributed by atoms with E-state index in [2.05, 4.69) is 31.0 Å². The van der Waals surface area contributed by atoms with E-state index in [9.17, 15) is 4.79 Å². The van der Waals surface area contributed by atoms with Crippen molar-refractivity contribution in [3.05, 3.63) is 53.1 Å². The molecule has 0 fully saturated rings. The molecule has 1 heterocycles. The Morgan fingerprint density at radius 1 is 1.35 bits per heavy atom. The number of aromatic nitrogens is 2. The van der Waals surface area contributed by atoms with Crippen LogP contribution in [0.2, 0.25) is 0 Å². The molecule has 88 valence electrons. The highest BCUT2D eigenvalue weighted by molar-refractivity contribution is 5.76. The molecule has 0 aliphatic carbocycles. The number of hydrogen-bond donors (Lipinski definition) is 0. The number of carbonyl (C=O) groups excluding carboxylic acids is 1. The van der Waals surface area contributed by atoms with Gasteiger partial charge in [0.05, 0.1) is 0 Å². The summed E-state index contributed by atoms with van der Waals surface area (Å²) in [5, 5.41) is 0. The number of imidazole rings is 1. The third-order valence-corrected chi connectivity index (χ3v) is 3.14. The summed E-state index contributed by atoms with van der Waals surface area (Å²) < 4.78 is 1.60. The van der Waals surface area contributed by atoms with Crippen LogP contribution < -0.4 is 0 Å². The number of nitrogens with zero attached hydrogens (tertiary/aromatic N) is 2. The number of rotatable bonds is 2. The van der Waals surface area contributed by atoms with Crippen LogP contribution in [0.5, 0.6) is 0 Å². The van der Waals surface area contributed by atoms with E-state index in [0.717, 1.165) is 12.1 Å². The second-order valence-corrected chi connectivity index (χ2v) is 4.31. The second-order valence-electron chi connectivity index (χ2n) is 4.31. The van der Waals surface area contributed by atoms with Gasteiger partial charge in [-0.1, -0.05) is 18.2 Å². The predicted octanol–water partition coefficient (Wildman–Crippen LogP) is 2.75. The third kappa shape index (κ3) is 2.28. The van der Waals surface area contributed by atoms with Crippen molar-refractivity contribution >= 4 is 5.91 Å². The van der Waals surface area contributed by atoms with Crippen molar-refractivity contribution < 1.29 is 4.79 Å². The number of benzene rings is 1. The molecule has 0 aliphatic rings. The Kier molecular flexibility index (Phi) is 3.09. The van der Waals surface area contributed by atoms with E-state index < -0.39 is 0 Å². The fourth-order valence-corrected chi connectivity index (χ4v) is 1.94. The summed E-state index contributed by atoms with van der Waals surface area (Å²) in [5.41, 5.74) is 4.74. The van der Waals surface area contributed by atoms with Crippen molar-refractivity contribution in [1.29, 1.82) is 0 Å². The molecular formula is C14H16N2O. The average molecular weight is 228 g/mol. The highest BCUT2D eigenvalue weighted by Gasteiger charge is 2.08. The van der Waals surface area contributed by atoms with Gasteiger partial charge in [0.25, 0.3) is 0 Å².